The number of rotatable bonds is 2. The van der Waals surface area contributed by atoms with Gasteiger partial charge in [0.05, 0.1) is 0 Å². The summed E-state index contributed by atoms with van der Waals surface area (Å²) in [5.74, 6) is -1.57. The lowest BCUT2D eigenvalue weighted by Gasteiger charge is -2.21. The van der Waals surface area contributed by atoms with Gasteiger partial charge in [0, 0.05) is 15.7 Å². The van der Waals surface area contributed by atoms with Gasteiger partial charge in [-0.05, 0) is 52.9 Å². The highest BCUT2D eigenvalue weighted by Crippen LogP contribution is 2.40. The fraction of sp³-hybridized carbons (Fsp3) is 0.143. The van der Waals surface area contributed by atoms with Crippen molar-refractivity contribution in [1.29, 1.82) is 0 Å². The van der Waals surface area contributed by atoms with Crippen LogP contribution < -0.4 is 0 Å². The van der Waals surface area contributed by atoms with Crippen LogP contribution in [0.5, 0.6) is 0 Å². The maximum absolute atomic E-state index is 13.5. The predicted octanol–water partition coefficient (Wildman–Crippen LogP) is 6.17. The third-order valence-electron chi connectivity index (χ3n) is 4.60. The molecule has 1 heterocycles. The summed E-state index contributed by atoms with van der Waals surface area (Å²) in [6.45, 7) is 2.03. The summed E-state index contributed by atoms with van der Waals surface area (Å²) in [5, 5.41) is 0. The van der Waals surface area contributed by atoms with Crippen LogP contribution in [0.2, 0.25) is 0 Å². The molecule has 1 aliphatic rings. The molecule has 0 aromatic heterocycles. The van der Waals surface area contributed by atoms with Crippen molar-refractivity contribution in [2.45, 2.75) is 29.1 Å². The van der Waals surface area contributed by atoms with Gasteiger partial charge >= 0.3 is 0 Å². The van der Waals surface area contributed by atoms with Gasteiger partial charge in [-0.15, -0.1) is 0 Å². The number of halogens is 2. The smallest absolute Gasteiger partial charge is 0.159 e. The molecule has 1 aliphatic heterocycles. The Balaban J connectivity index is 1.67. The average molecular weight is 338 g/mol. The van der Waals surface area contributed by atoms with Crippen LogP contribution >= 0.6 is 11.8 Å². The van der Waals surface area contributed by atoms with Crippen molar-refractivity contribution in [2.75, 3.05) is 0 Å². The summed E-state index contributed by atoms with van der Waals surface area (Å²) in [4.78, 5) is 2.58. The van der Waals surface area contributed by atoms with Crippen molar-refractivity contribution in [3.8, 4) is 0 Å². The molecule has 0 fully saturated rings. The zero-order valence-corrected chi connectivity index (χ0v) is 14.0. The minimum absolute atomic E-state index is 0.0209. The third-order valence-corrected chi connectivity index (χ3v) is 5.84. The Morgan fingerprint density at radius 2 is 1.50 bits per heavy atom. The molecule has 0 amide bonds. The van der Waals surface area contributed by atoms with E-state index in [0.717, 1.165) is 17.5 Å². The summed E-state index contributed by atoms with van der Waals surface area (Å²) in [5.41, 5.74) is 4.55. The first-order valence-corrected chi connectivity index (χ1v) is 8.77. The van der Waals surface area contributed by atoms with E-state index in [9.17, 15) is 8.78 Å². The second-order valence-corrected chi connectivity index (χ2v) is 7.23. The molecule has 0 saturated heterocycles. The third kappa shape index (κ3) is 2.73. The van der Waals surface area contributed by atoms with Crippen molar-refractivity contribution in [2.24, 2.45) is 0 Å². The lowest BCUT2D eigenvalue weighted by atomic mass is 9.91. The highest BCUT2D eigenvalue weighted by Gasteiger charge is 2.18. The fourth-order valence-electron chi connectivity index (χ4n) is 3.15. The van der Waals surface area contributed by atoms with E-state index in [1.807, 2.05) is 6.92 Å². The number of benzene rings is 3. The predicted molar refractivity (Wildman–Crippen MR) is 93.7 cm³/mol. The maximum atomic E-state index is 13.5. The highest BCUT2D eigenvalue weighted by atomic mass is 32.2. The minimum atomic E-state index is -0.801. The first-order valence-electron chi connectivity index (χ1n) is 7.95. The van der Waals surface area contributed by atoms with E-state index in [1.54, 1.807) is 17.8 Å². The molecule has 3 heteroatoms. The molecule has 1 unspecified atom stereocenters. The van der Waals surface area contributed by atoms with Gasteiger partial charge in [0.15, 0.2) is 11.6 Å². The molecule has 0 radical (unpaired) electrons. The summed E-state index contributed by atoms with van der Waals surface area (Å²) in [6, 6.07) is 19.0. The lowest BCUT2D eigenvalue weighted by molar-refractivity contribution is 0.506. The molecule has 3 aromatic rings. The molecule has 0 saturated carbocycles. The summed E-state index contributed by atoms with van der Waals surface area (Å²) in [6.07, 6.45) is 0.914. The minimum Gasteiger partial charge on any atom is -0.204 e. The number of fused-ring (bicyclic) bond motifs is 2. The SMILES string of the molecule is CC(c1ccc(F)c(F)c1)c1ccc2c(c1)Cc1ccccc1S2. The second kappa shape index (κ2) is 6.06. The van der Waals surface area contributed by atoms with E-state index in [4.69, 9.17) is 0 Å². The van der Waals surface area contributed by atoms with Gasteiger partial charge in [-0.1, -0.05) is 55.1 Å². The van der Waals surface area contributed by atoms with Gasteiger partial charge in [-0.25, -0.2) is 8.78 Å². The van der Waals surface area contributed by atoms with Crippen LogP contribution in [0, 0.1) is 11.6 Å². The molecular weight excluding hydrogens is 322 g/mol. The van der Waals surface area contributed by atoms with Crippen molar-refractivity contribution in [1.82, 2.24) is 0 Å². The van der Waals surface area contributed by atoms with Crippen LogP contribution in [0.25, 0.3) is 0 Å². The maximum Gasteiger partial charge on any atom is 0.159 e. The summed E-state index contributed by atoms with van der Waals surface area (Å²) >= 11 is 1.79. The molecule has 0 aliphatic carbocycles. The van der Waals surface area contributed by atoms with Gasteiger partial charge in [-0.2, -0.15) is 0 Å². The highest BCUT2D eigenvalue weighted by molar-refractivity contribution is 7.99. The van der Waals surface area contributed by atoms with Gasteiger partial charge in [0.1, 0.15) is 0 Å². The Bertz CT molecular complexity index is 917. The molecule has 4 rings (SSSR count). The molecule has 0 spiro atoms. The first kappa shape index (κ1) is 15.4. The Morgan fingerprint density at radius 3 is 2.33 bits per heavy atom. The molecule has 0 nitrogen and oxygen atoms in total. The van der Waals surface area contributed by atoms with Gasteiger partial charge < -0.3 is 0 Å². The van der Waals surface area contributed by atoms with Crippen molar-refractivity contribution < 1.29 is 8.78 Å². The van der Waals surface area contributed by atoms with E-state index < -0.39 is 11.6 Å². The van der Waals surface area contributed by atoms with Gasteiger partial charge in [-0.3, -0.25) is 0 Å². The largest absolute Gasteiger partial charge is 0.204 e. The van der Waals surface area contributed by atoms with Gasteiger partial charge in [0.2, 0.25) is 0 Å². The van der Waals surface area contributed by atoms with Gasteiger partial charge in [0.25, 0.3) is 0 Å². The Kier molecular flexibility index (Phi) is 3.89. The van der Waals surface area contributed by atoms with E-state index in [0.29, 0.717) is 0 Å². The molecule has 0 N–H and O–H groups in total. The van der Waals surface area contributed by atoms with Crippen LogP contribution in [-0.4, -0.2) is 0 Å². The second-order valence-electron chi connectivity index (χ2n) is 6.15. The molecule has 1 atom stereocenters. The molecular formula is C21H16F2S. The van der Waals surface area contributed by atoms with Crippen LogP contribution in [0.15, 0.2) is 70.5 Å². The van der Waals surface area contributed by atoms with E-state index in [2.05, 4.69) is 42.5 Å². The average Bonchev–Trinajstić information content (AvgIpc) is 2.61. The Hall–Kier alpha value is -2.13. The first-order chi connectivity index (χ1) is 11.6. The van der Waals surface area contributed by atoms with Crippen molar-refractivity contribution in [3.05, 3.63) is 94.6 Å². The summed E-state index contributed by atoms with van der Waals surface area (Å²) in [7, 11) is 0. The number of hydrogen-bond acceptors (Lipinski definition) is 1. The molecule has 0 bridgehead atoms. The lowest BCUT2D eigenvalue weighted by Crippen LogP contribution is -2.03. The topological polar surface area (TPSA) is 0 Å². The molecule has 3 aromatic carbocycles. The van der Waals surface area contributed by atoms with E-state index in [1.165, 1.54) is 33.1 Å². The standard InChI is InChI=1S/C21H16F2S/c1-13(15-6-8-18(22)19(23)12-15)14-7-9-21-17(10-14)11-16-4-2-3-5-20(16)24-21/h2-10,12-13H,11H2,1H3. The number of hydrogen-bond donors (Lipinski definition) is 0. The monoisotopic (exact) mass is 338 g/mol. The van der Waals surface area contributed by atoms with Crippen molar-refractivity contribution in [3.63, 3.8) is 0 Å². The molecule has 24 heavy (non-hydrogen) atoms. The van der Waals surface area contributed by atoms with E-state index >= 15 is 0 Å². The van der Waals surface area contributed by atoms with Crippen LogP contribution in [0.3, 0.4) is 0 Å². The zero-order valence-electron chi connectivity index (χ0n) is 13.2. The normalized spacial score (nSPS) is 14.0. The fourth-order valence-corrected chi connectivity index (χ4v) is 4.21. The molecule has 120 valence electrons. The van der Waals surface area contributed by atoms with Crippen molar-refractivity contribution >= 4 is 11.8 Å². The summed E-state index contributed by atoms with van der Waals surface area (Å²) < 4.78 is 26.7. The van der Waals surface area contributed by atoms with E-state index in [-0.39, 0.29) is 5.92 Å². The quantitative estimate of drug-likeness (QED) is 0.421. The Labute approximate surface area is 144 Å². The zero-order chi connectivity index (χ0) is 16.7. The Morgan fingerprint density at radius 1 is 0.792 bits per heavy atom. The van der Waals surface area contributed by atoms with Crippen LogP contribution in [0.4, 0.5) is 8.78 Å². The van der Waals surface area contributed by atoms with Crippen LogP contribution in [0.1, 0.15) is 35.1 Å². The van der Waals surface area contributed by atoms with Crippen LogP contribution in [-0.2, 0) is 6.42 Å².